The van der Waals surface area contributed by atoms with E-state index in [1.807, 2.05) is 13.8 Å². The molecule has 0 aliphatic rings. The van der Waals surface area contributed by atoms with Gasteiger partial charge in [-0.15, -0.1) is 0 Å². The number of nitrogens with zero attached hydrogens (tertiary/aromatic N) is 1. The fraction of sp³-hybridized carbons (Fsp3) is 0.294. The SMILES string of the molecule is COc1cc(C)c(S(=O)(=O)Nc2cc([N+](=O)[O-])ccc2Cl)cc1C(C)C. The minimum absolute atomic E-state index is 0.0425. The molecule has 0 radical (unpaired) electrons. The van der Waals surface area contributed by atoms with Crippen molar-refractivity contribution in [2.24, 2.45) is 0 Å². The summed E-state index contributed by atoms with van der Waals surface area (Å²) in [6.07, 6.45) is 0. The zero-order valence-electron chi connectivity index (χ0n) is 14.7. The Balaban J connectivity index is 2.54. The van der Waals surface area contributed by atoms with Crippen LogP contribution in [0.1, 0.15) is 30.9 Å². The number of nitro benzene ring substituents is 1. The smallest absolute Gasteiger partial charge is 0.271 e. The van der Waals surface area contributed by atoms with Crippen LogP contribution in [-0.4, -0.2) is 20.5 Å². The monoisotopic (exact) mass is 398 g/mol. The first-order chi connectivity index (χ1) is 12.1. The van der Waals surface area contributed by atoms with Gasteiger partial charge in [0.05, 0.1) is 27.6 Å². The van der Waals surface area contributed by atoms with Crippen LogP contribution in [0.3, 0.4) is 0 Å². The third-order valence-corrected chi connectivity index (χ3v) is 5.68. The van der Waals surface area contributed by atoms with Crippen LogP contribution >= 0.6 is 11.6 Å². The number of hydrogen-bond donors (Lipinski definition) is 1. The first-order valence-electron chi connectivity index (χ1n) is 7.72. The van der Waals surface area contributed by atoms with Crippen LogP contribution in [0.4, 0.5) is 11.4 Å². The van der Waals surface area contributed by atoms with E-state index in [1.54, 1.807) is 19.1 Å². The minimum Gasteiger partial charge on any atom is -0.496 e. The standard InChI is InChI=1S/C17H19ClN2O5S/c1-10(2)13-9-17(11(3)7-16(13)25-4)26(23,24)19-15-8-12(20(21)22)5-6-14(15)18/h5-10,19H,1-4H3. The molecular weight excluding hydrogens is 380 g/mol. The second-order valence-electron chi connectivity index (χ2n) is 6.04. The predicted octanol–water partition coefficient (Wildman–Crippen LogP) is 4.49. The maximum absolute atomic E-state index is 12.8. The van der Waals surface area contributed by atoms with Crippen molar-refractivity contribution in [2.75, 3.05) is 11.8 Å². The first-order valence-corrected chi connectivity index (χ1v) is 9.58. The van der Waals surface area contributed by atoms with E-state index < -0.39 is 14.9 Å². The zero-order valence-corrected chi connectivity index (χ0v) is 16.3. The van der Waals surface area contributed by atoms with E-state index in [1.165, 1.54) is 19.2 Å². The Labute approximate surface area is 157 Å². The molecule has 0 fully saturated rings. The molecule has 0 aromatic heterocycles. The second-order valence-corrected chi connectivity index (χ2v) is 8.10. The number of nitro groups is 1. The number of benzene rings is 2. The van der Waals surface area contributed by atoms with Crippen molar-refractivity contribution in [3.63, 3.8) is 0 Å². The maximum Gasteiger partial charge on any atom is 0.271 e. The summed E-state index contributed by atoms with van der Waals surface area (Å²) in [7, 11) is -2.48. The van der Waals surface area contributed by atoms with Crippen molar-refractivity contribution >= 4 is 33.0 Å². The Hall–Kier alpha value is -2.32. The highest BCUT2D eigenvalue weighted by Gasteiger charge is 2.23. The molecular formula is C17H19ClN2O5S. The van der Waals surface area contributed by atoms with Gasteiger partial charge in [0.2, 0.25) is 0 Å². The number of halogens is 1. The average molecular weight is 399 g/mol. The van der Waals surface area contributed by atoms with E-state index in [9.17, 15) is 18.5 Å². The van der Waals surface area contributed by atoms with E-state index in [0.717, 1.165) is 11.6 Å². The fourth-order valence-electron chi connectivity index (χ4n) is 2.50. The topological polar surface area (TPSA) is 98.5 Å². The van der Waals surface area contributed by atoms with Gasteiger partial charge in [-0.2, -0.15) is 0 Å². The van der Waals surface area contributed by atoms with Crippen molar-refractivity contribution < 1.29 is 18.1 Å². The van der Waals surface area contributed by atoms with E-state index in [-0.39, 0.29) is 27.2 Å². The molecule has 7 nitrogen and oxygen atoms in total. The molecule has 0 atom stereocenters. The van der Waals surface area contributed by atoms with Crippen LogP contribution < -0.4 is 9.46 Å². The molecule has 0 saturated heterocycles. The second kappa shape index (κ2) is 7.51. The maximum atomic E-state index is 12.8. The summed E-state index contributed by atoms with van der Waals surface area (Å²) in [5.74, 6) is 0.644. The Morgan fingerprint density at radius 3 is 2.42 bits per heavy atom. The molecule has 0 aliphatic carbocycles. The number of rotatable bonds is 6. The zero-order chi connectivity index (χ0) is 19.6. The normalized spacial score (nSPS) is 11.5. The van der Waals surface area contributed by atoms with Crippen molar-refractivity contribution in [2.45, 2.75) is 31.6 Å². The Morgan fingerprint density at radius 1 is 1.23 bits per heavy atom. The number of ether oxygens (including phenoxy) is 1. The van der Waals surface area contributed by atoms with Crippen LogP contribution in [-0.2, 0) is 10.0 Å². The lowest BCUT2D eigenvalue weighted by molar-refractivity contribution is -0.384. The van der Waals surface area contributed by atoms with Crippen LogP contribution in [0.5, 0.6) is 5.75 Å². The van der Waals surface area contributed by atoms with Gasteiger partial charge in [-0.1, -0.05) is 25.4 Å². The van der Waals surface area contributed by atoms with Crippen LogP contribution in [0.25, 0.3) is 0 Å². The van der Waals surface area contributed by atoms with E-state index in [0.29, 0.717) is 11.3 Å². The first kappa shape index (κ1) is 20.0. The van der Waals surface area contributed by atoms with Crippen molar-refractivity contribution in [3.8, 4) is 5.75 Å². The molecule has 9 heteroatoms. The molecule has 0 spiro atoms. The largest absolute Gasteiger partial charge is 0.496 e. The van der Waals surface area contributed by atoms with Gasteiger partial charge in [0.25, 0.3) is 15.7 Å². The summed E-state index contributed by atoms with van der Waals surface area (Å²) in [5, 5.41) is 11.0. The highest BCUT2D eigenvalue weighted by molar-refractivity contribution is 7.92. The molecule has 0 heterocycles. The van der Waals surface area contributed by atoms with E-state index >= 15 is 0 Å². The molecule has 0 aliphatic heterocycles. The molecule has 0 unspecified atom stereocenters. The van der Waals surface area contributed by atoms with E-state index in [2.05, 4.69) is 4.72 Å². The number of aryl methyl sites for hydroxylation is 1. The lowest BCUT2D eigenvalue weighted by Gasteiger charge is -2.17. The third kappa shape index (κ3) is 4.08. The van der Waals surface area contributed by atoms with Crippen LogP contribution in [0.15, 0.2) is 35.2 Å². The Bertz CT molecular complexity index is 958. The molecule has 0 saturated carbocycles. The molecule has 1 N–H and O–H groups in total. The summed E-state index contributed by atoms with van der Waals surface area (Å²) in [4.78, 5) is 10.4. The molecule has 0 amide bonds. The highest BCUT2D eigenvalue weighted by Crippen LogP contribution is 2.34. The van der Waals surface area contributed by atoms with Gasteiger partial charge in [-0.3, -0.25) is 14.8 Å². The van der Waals surface area contributed by atoms with Crippen LogP contribution in [0.2, 0.25) is 5.02 Å². The minimum atomic E-state index is -4.00. The quantitative estimate of drug-likeness (QED) is 0.571. The van der Waals surface area contributed by atoms with Gasteiger partial charge in [0.15, 0.2) is 0 Å². The van der Waals surface area contributed by atoms with Gasteiger partial charge < -0.3 is 4.74 Å². The summed E-state index contributed by atoms with van der Waals surface area (Å²) >= 11 is 5.99. The van der Waals surface area contributed by atoms with Crippen LogP contribution in [0, 0.1) is 17.0 Å². The summed E-state index contributed by atoms with van der Waals surface area (Å²) in [6.45, 7) is 5.50. The number of hydrogen-bond acceptors (Lipinski definition) is 5. The number of anilines is 1. The van der Waals surface area contributed by atoms with Gasteiger partial charge >= 0.3 is 0 Å². The Kier molecular flexibility index (Phi) is 5.77. The molecule has 140 valence electrons. The van der Waals surface area contributed by atoms with Gasteiger partial charge in [0, 0.05) is 12.1 Å². The lowest BCUT2D eigenvalue weighted by Crippen LogP contribution is -2.15. The number of sulfonamides is 1. The number of nitrogens with one attached hydrogen (secondary N) is 1. The van der Waals surface area contributed by atoms with Gasteiger partial charge in [-0.25, -0.2) is 8.42 Å². The molecule has 0 bridgehead atoms. The number of non-ortho nitro benzene ring substituents is 1. The van der Waals surface area contributed by atoms with E-state index in [4.69, 9.17) is 16.3 Å². The van der Waals surface area contributed by atoms with Crippen molar-refractivity contribution in [1.82, 2.24) is 0 Å². The third-order valence-electron chi connectivity index (χ3n) is 3.84. The highest BCUT2D eigenvalue weighted by atomic mass is 35.5. The lowest BCUT2D eigenvalue weighted by atomic mass is 10.0. The Morgan fingerprint density at radius 2 is 1.88 bits per heavy atom. The average Bonchev–Trinajstić information content (AvgIpc) is 2.55. The van der Waals surface area contributed by atoms with Gasteiger partial charge in [-0.05, 0) is 42.2 Å². The molecule has 2 rings (SSSR count). The predicted molar refractivity (Wildman–Crippen MR) is 101 cm³/mol. The number of methoxy groups -OCH3 is 1. The summed E-state index contributed by atoms with van der Waals surface area (Å²) in [5.41, 5.74) is 0.910. The molecule has 2 aromatic carbocycles. The summed E-state index contributed by atoms with van der Waals surface area (Å²) in [6, 6.07) is 6.76. The van der Waals surface area contributed by atoms with Gasteiger partial charge in [0.1, 0.15) is 5.75 Å². The van der Waals surface area contributed by atoms with Crippen molar-refractivity contribution in [1.29, 1.82) is 0 Å². The molecule has 26 heavy (non-hydrogen) atoms. The molecule has 2 aromatic rings. The fourth-order valence-corrected chi connectivity index (χ4v) is 4.05. The summed E-state index contributed by atoms with van der Waals surface area (Å²) < 4.78 is 33.4. The van der Waals surface area contributed by atoms with Crippen molar-refractivity contribution in [3.05, 3.63) is 56.6 Å².